The molecule has 0 saturated carbocycles. The van der Waals surface area contributed by atoms with Crippen LogP contribution in [0.4, 0.5) is 0 Å². The van der Waals surface area contributed by atoms with Gasteiger partial charge in [-0.05, 0) is 35.6 Å². The van der Waals surface area contributed by atoms with Crippen LogP contribution >= 0.6 is 0 Å². The Morgan fingerprint density at radius 2 is 1.96 bits per heavy atom. The fraction of sp³-hybridized carbons (Fsp3) is 0.304. The number of nitrogens with zero attached hydrogens (tertiary/aromatic N) is 2. The predicted molar refractivity (Wildman–Crippen MR) is 108 cm³/mol. The fourth-order valence-electron chi connectivity index (χ4n) is 3.59. The van der Waals surface area contributed by atoms with E-state index >= 15 is 0 Å². The minimum atomic E-state index is -0.193. The topological polar surface area (TPSA) is 56.1 Å². The number of aromatic nitrogens is 2. The van der Waals surface area contributed by atoms with Crippen molar-refractivity contribution in [2.45, 2.75) is 32.4 Å². The van der Waals surface area contributed by atoms with Crippen LogP contribution in [0.2, 0.25) is 0 Å². The Bertz CT molecular complexity index is 949. The maximum Gasteiger partial charge on any atom is 0.224 e. The van der Waals surface area contributed by atoms with Crippen LogP contribution < -0.4 is 5.32 Å². The molecule has 0 saturated heterocycles. The van der Waals surface area contributed by atoms with Gasteiger partial charge in [-0.25, -0.2) is 0 Å². The zero-order chi connectivity index (χ0) is 19.3. The number of nitrogens with one attached hydrogen (secondary N) is 1. The summed E-state index contributed by atoms with van der Waals surface area (Å²) in [6.45, 7) is 3.86. The average Bonchev–Trinajstić information content (AvgIpc) is 3.12. The summed E-state index contributed by atoms with van der Waals surface area (Å²) in [5, 5.41) is 7.76. The van der Waals surface area contributed by atoms with E-state index in [0.29, 0.717) is 19.6 Å². The molecule has 3 aromatic rings. The standard InChI is InChI=1S/C23H25N3O2/c1-17-7-5-6-10-19(17)13-22(27)24-14-21-23-20(11-12-28-21)16-26(25-23)15-18-8-3-2-4-9-18/h2-10,16,21H,11-15H2,1H3,(H,24,27). The first-order chi connectivity index (χ1) is 13.7. The number of rotatable bonds is 6. The number of ether oxygens (including phenoxy) is 1. The van der Waals surface area contributed by atoms with E-state index in [1.54, 1.807) is 0 Å². The Morgan fingerprint density at radius 3 is 2.79 bits per heavy atom. The predicted octanol–water partition coefficient (Wildman–Crippen LogP) is 3.21. The molecular formula is C23H25N3O2. The molecular weight excluding hydrogens is 350 g/mol. The summed E-state index contributed by atoms with van der Waals surface area (Å²) in [6.07, 6.45) is 3.15. The van der Waals surface area contributed by atoms with Crippen molar-refractivity contribution >= 4 is 5.91 Å². The molecule has 2 aromatic carbocycles. The lowest BCUT2D eigenvalue weighted by atomic mass is 10.0. The zero-order valence-corrected chi connectivity index (χ0v) is 16.1. The second kappa shape index (κ2) is 8.40. The van der Waals surface area contributed by atoms with Crippen molar-refractivity contribution in [2.75, 3.05) is 13.2 Å². The highest BCUT2D eigenvalue weighted by atomic mass is 16.5. The van der Waals surface area contributed by atoms with Gasteiger partial charge in [0.05, 0.1) is 25.3 Å². The first-order valence-corrected chi connectivity index (χ1v) is 9.72. The summed E-state index contributed by atoms with van der Waals surface area (Å²) in [5.41, 5.74) is 5.55. The van der Waals surface area contributed by atoms with E-state index in [9.17, 15) is 4.79 Å². The quantitative estimate of drug-likeness (QED) is 0.720. The summed E-state index contributed by atoms with van der Waals surface area (Å²) in [5.74, 6) is 0.00809. The van der Waals surface area contributed by atoms with E-state index in [0.717, 1.165) is 29.8 Å². The van der Waals surface area contributed by atoms with Gasteiger partial charge >= 0.3 is 0 Å². The highest BCUT2D eigenvalue weighted by Crippen LogP contribution is 2.25. The monoisotopic (exact) mass is 375 g/mol. The van der Waals surface area contributed by atoms with Crippen LogP contribution in [-0.4, -0.2) is 28.8 Å². The Hall–Kier alpha value is -2.92. The maximum atomic E-state index is 12.4. The van der Waals surface area contributed by atoms with E-state index in [1.165, 1.54) is 11.1 Å². The van der Waals surface area contributed by atoms with Gasteiger partial charge in [0.15, 0.2) is 0 Å². The van der Waals surface area contributed by atoms with Crippen molar-refractivity contribution in [3.8, 4) is 0 Å². The highest BCUT2D eigenvalue weighted by Gasteiger charge is 2.25. The molecule has 5 heteroatoms. The number of amides is 1. The number of aryl methyl sites for hydroxylation is 1. The van der Waals surface area contributed by atoms with Crippen LogP contribution in [0.25, 0.3) is 0 Å². The van der Waals surface area contributed by atoms with Crippen LogP contribution in [0.1, 0.15) is 34.1 Å². The highest BCUT2D eigenvalue weighted by molar-refractivity contribution is 5.78. The number of fused-ring (bicyclic) bond motifs is 1. The van der Waals surface area contributed by atoms with E-state index in [4.69, 9.17) is 9.84 Å². The largest absolute Gasteiger partial charge is 0.370 e. The van der Waals surface area contributed by atoms with Crippen LogP contribution in [0.3, 0.4) is 0 Å². The number of benzene rings is 2. The number of hydrogen-bond acceptors (Lipinski definition) is 3. The zero-order valence-electron chi connectivity index (χ0n) is 16.1. The normalized spacial score (nSPS) is 15.8. The molecule has 0 radical (unpaired) electrons. The number of carbonyl (C=O) groups is 1. The molecule has 2 heterocycles. The lowest BCUT2D eigenvalue weighted by molar-refractivity contribution is -0.121. The lowest BCUT2D eigenvalue weighted by Gasteiger charge is -2.22. The second-order valence-electron chi connectivity index (χ2n) is 7.24. The van der Waals surface area contributed by atoms with Crippen molar-refractivity contribution < 1.29 is 9.53 Å². The molecule has 1 aromatic heterocycles. The minimum absolute atomic E-state index is 0.00809. The Morgan fingerprint density at radius 1 is 1.18 bits per heavy atom. The molecule has 1 N–H and O–H groups in total. The summed E-state index contributed by atoms with van der Waals surface area (Å²) in [7, 11) is 0. The number of carbonyl (C=O) groups excluding carboxylic acids is 1. The third-order valence-corrected chi connectivity index (χ3v) is 5.15. The van der Waals surface area contributed by atoms with E-state index in [2.05, 4.69) is 23.6 Å². The van der Waals surface area contributed by atoms with Crippen molar-refractivity contribution in [2.24, 2.45) is 0 Å². The van der Waals surface area contributed by atoms with E-state index in [-0.39, 0.29) is 12.0 Å². The Labute approximate surface area is 165 Å². The Kier molecular flexibility index (Phi) is 5.53. The molecule has 0 bridgehead atoms. The molecule has 28 heavy (non-hydrogen) atoms. The van der Waals surface area contributed by atoms with Crippen molar-refractivity contribution in [1.29, 1.82) is 0 Å². The first-order valence-electron chi connectivity index (χ1n) is 9.72. The summed E-state index contributed by atoms with van der Waals surface area (Å²) >= 11 is 0. The van der Waals surface area contributed by atoms with Crippen LogP contribution in [0.15, 0.2) is 60.8 Å². The molecule has 1 aliphatic rings. The minimum Gasteiger partial charge on any atom is -0.370 e. The van der Waals surface area contributed by atoms with Crippen LogP contribution in [0.5, 0.6) is 0 Å². The first kappa shape index (κ1) is 18.4. The van der Waals surface area contributed by atoms with Gasteiger partial charge in [-0.15, -0.1) is 0 Å². The Balaban J connectivity index is 1.39. The summed E-state index contributed by atoms with van der Waals surface area (Å²) < 4.78 is 7.87. The van der Waals surface area contributed by atoms with Crippen molar-refractivity contribution in [1.82, 2.24) is 15.1 Å². The van der Waals surface area contributed by atoms with Gasteiger partial charge in [-0.1, -0.05) is 54.6 Å². The molecule has 1 aliphatic heterocycles. The van der Waals surface area contributed by atoms with E-state index < -0.39 is 0 Å². The molecule has 0 aliphatic carbocycles. The van der Waals surface area contributed by atoms with Gasteiger partial charge in [0.1, 0.15) is 6.10 Å². The molecule has 1 unspecified atom stereocenters. The fourth-order valence-corrected chi connectivity index (χ4v) is 3.59. The molecule has 1 atom stereocenters. The molecule has 5 nitrogen and oxygen atoms in total. The van der Waals surface area contributed by atoms with Gasteiger partial charge in [-0.2, -0.15) is 5.10 Å². The lowest BCUT2D eigenvalue weighted by Crippen LogP contribution is -2.33. The van der Waals surface area contributed by atoms with Gasteiger partial charge < -0.3 is 10.1 Å². The third-order valence-electron chi connectivity index (χ3n) is 5.15. The van der Waals surface area contributed by atoms with Crippen LogP contribution in [0, 0.1) is 6.92 Å². The second-order valence-corrected chi connectivity index (χ2v) is 7.24. The van der Waals surface area contributed by atoms with Crippen molar-refractivity contribution in [3.63, 3.8) is 0 Å². The molecule has 4 rings (SSSR count). The third kappa shape index (κ3) is 4.31. The molecule has 144 valence electrons. The van der Waals surface area contributed by atoms with Crippen molar-refractivity contribution in [3.05, 3.63) is 88.7 Å². The molecule has 0 fully saturated rings. The molecule has 1 amide bonds. The average molecular weight is 375 g/mol. The maximum absolute atomic E-state index is 12.4. The van der Waals surface area contributed by atoms with Crippen LogP contribution in [-0.2, 0) is 28.9 Å². The summed E-state index contributed by atoms with van der Waals surface area (Å²) in [6, 6.07) is 18.3. The molecule has 0 spiro atoms. The van der Waals surface area contributed by atoms with Gasteiger partial charge in [0.25, 0.3) is 0 Å². The smallest absolute Gasteiger partial charge is 0.224 e. The van der Waals surface area contributed by atoms with Gasteiger partial charge in [-0.3, -0.25) is 9.48 Å². The SMILES string of the molecule is Cc1ccccc1CC(=O)NCC1OCCc2cn(Cc3ccccc3)nc21. The summed E-state index contributed by atoms with van der Waals surface area (Å²) in [4.78, 5) is 12.4. The number of hydrogen-bond donors (Lipinski definition) is 1. The van der Waals surface area contributed by atoms with E-state index in [1.807, 2.05) is 54.1 Å². The van der Waals surface area contributed by atoms with Gasteiger partial charge in [0, 0.05) is 12.7 Å². The van der Waals surface area contributed by atoms with Gasteiger partial charge in [0.2, 0.25) is 5.91 Å².